The molecular weight excluding hydrogens is 196 g/mol. The molecule has 0 spiro atoms. The summed E-state index contributed by atoms with van der Waals surface area (Å²) in [7, 11) is 0. The molecular formula is C14H18N2. The van der Waals surface area contributed by atoms with Crippen LogP contribution in [0.2, 0.25) is 0 Å². The molecule has 0 aliphatic rings. The molecule has 2 aromatic rings. The molecule has 0 saturated carbocycles. The summed E-state index contributed by atoms with van der Waals surface area (Å²) in [5.41, 5.74) is 3.56. The second kappa shape index (κ2) is 4.97. The van der Waals surface area contributed by atoms with Gasteiger partial charge in [-0.2, -0.15) is 5.10 Å². The Balaban J connectivity index is 2.33. The van der Waals surface area contributed by atoms with Gasteiger partial charge in [0.2, 0.25) is 0 Å². The lowest BCUT2D eigenvalue weighted by Crippen LogP contribution is -2.01. The van der Waals surface area contributed by atoms with Crippen molar-refractivity contribution in [3.05, 3.63) is 47.8 Å². The van der Waals surface area contributed by atoms with Gasteiger partial charge in [-0.25, -0.2) is 4.68 Å². The largest absolute Gasteiger partial charge is 0.238 e. The van der Waals surface area contributed by atoms with E-state index in [1.54, 1.807) is 0 Å². The van der Waals surface area contributed by atoms with Gasteiger partial charge in [0.15, 0.2) is 0 Å². The van der Waals surface area contributed by atoms with Crippen LogP contribution in [0.4, 0.5) is 0 Å². The number of rotatable bonds is 4. The molecule has 0 aliphatic heterocycles. The summed E-state index contributed by atoms with van der Waals surface area (Å²) < 4.78 is 2.06. The van der Waals surface area contributed by atoms with Gasteiger partial charge >= 0.3 is 0 Å². The van der Waals surface area contributed by atoms with Crippen LogP contribution in [0.3, 0.4) is 0 Å². The quantitative estimate of drug-likeness (QED) is 0.761. The Labute approximate surface area is 96.9 Å². The molecule has 16 heavy (non-hydrogen) atoms. The molecule has 0 radical (unpaired) electrons. The first-order valence-corrected chi connectivity index (χ1v) is 5.92. The second-order valence-electron chi connectivity index (χ2n) is 4.13. The molecule has 1 heterocycles. The lowest BCUT2D eigenvalue weighted by molar-refractivity contribution is 0.727. The maximum atomic E-state index is 4.55. The molecule has 0 aliphatic carbocycles. The summed E-state index contributed by atoms with van der Waals surface area (Å²) in [5, 5.41) is 4.55. The van der Waals surface area contributed by atoms with Crippen molar-refractivity contribution in [2.24, 2.45) is 0 Å². The molecule has 0 bridgehead atoms. The number of unbranched alkanes of at least 4 members (excludes halogenated alkanes) is 1. The molecule has 2 heteroatoms. The number of benzene rings is 1. The van der Waals surface area contributed by atoms with Crippen LogP contribution < -0.4 is 0 Å². The summed E-state index contributed by atoms with van der Waals surface area (Å²) >= 11 is 0. The van der Waals surface area contributed by atoms with Crippen molar-refractivity contribution in [3.8, 4) is 5.69 Å². The molecule has 2 nitrogen and oxygen atoms in total. The number of aromatic nitrogens is 2. The van der Waals surface area contributed by atoms with E-state index in [9.17, 15) is 0 Å². The summed E-state index contributed by atoms with van der Waals surface area (Å²) in [5.74, 6) is 0. The molecule has 84 valence electrons. The van der Waals surface area contributed by atoms with Gasteiger partial charge in [0.1, 0.15) is 0 Å². The molecule has 0 unspecified atom stereocenters. The normalized spacial score (nSPS) is 10.6. The minimum Gasteiger partial charge on any atom is -0.238 e. The maximum absolute atomic E-state index is 4.55. The molecule has 0 amide bonds. The predicted molar refractivity (Wildman–Crippen MR) is 66.9 cm³/mol. The van der Waals surface area contributed by atoms with Gasteiger partial charge in [-0.15, -0.1) is 0 Å². The van der Waals surface area contributed by atoms with Crippen LogP contribution in [-0.2, 0) is 6.42 Å². The van der Waals surface area contributed by atoms with Gasteiger partial charge < -0.3 is 0 Å². The van der Waals surface area contributed by atoms with Crippen molar-refractivity contribution >= 4 is 0 Å². The Kier molecular flexibility index (Phi) is 3.40. The molecule has 0 atom stereocenters. The smallest absolute Gasteiger partial charge is 0.0648 e. The molecule has 2 rings (SSSR count). The Morgan fingerprint density at radius 1 is 1.19 bits per heavy atom. The number of nitrogens with zero attached hydrogens (tertiary/aromatic N) is 2. The Morgan fingerprint density at radius 3 is 2.62 bits per heavy atom. The van der Waals surface area contributed by atoms with Crippen LogP contribution in [0.25, 0.3) is 5.69 Å². The highest BCUT2D eigenvalue weighted by atomic mass is 15.3. The molecule has 1 aromatic heterocycles. The minimum atomic E-state index is 1.09. The number of hydrogen-bond donors (Lipinski definition) is 0. The lowest BCUT2D eigenvalue weighted by atomic mass is 10.2. The van der Waals surface area contributed by atoms with Gasteiger partial charge in [0.05, 0.1) is 11.4 Å². The van der Waals surface area contributed by atoms with Crippen LogP contribution >= 0.6 is 0 Å². The van der Waals surface area contributed by atoms with Crippen LogP contribution in [0.1, 0.15) is 31.2 Å². The fraction of sp³-hybridized carbons (Fsp3) is 0.357. The zero-order valence-electron chi connectivity index (χ0n) is 9.98. The van der Waals surface area contributed by atoms with E-state index in [0.717, 1.165) is 17.8 Å². The average molecular weight is 214 g/mol. The standard InChI is InChI=1S/C14H18N2/c1-3-4-8-14-11-12(2)15-16(14)13-9-6-5-7-10-13/h5-7,9-11H,3-4,8H2,1-2H3. The molecule has 0 N–H and O–H groups in total. The van der Waals surface area contributed by atoms with E-state index in [2.05, 4.69) is 54.0 Å². The van der Waals surface area contributed by atoms with Crippen molar-refractivity contribution in [3.63, 3.8) is 0 Å². The summed E-state index contributed by atoms with van der Waals surface area (Å²) in [4.78, 5) is 0. The third kappa shape index (κ3) is 2.32. The summed E-state index contributed by atoms with van der Waals surface area (Å²) in [6.07, 6.45) is 3.54. The fourth-order valence-corrected chi connectivity index (χ4v) is 1.88. The zero-order chi connectivity index (χ0) is 11.4. The summed E-state index contributed by atoms with van der Waals surface area (Å²) in [6.45, 7) is 4.27. The van der Waals surface area contributed by atoms with Gasteiger partial charge in [-0.05, 0) is 38.0 Å². The third-order valence-corrected chi connectivity index (χ3v) is 2.69. The van der Waals surface area contributed by atoms with Crippen LogP contribution in [0.15, 0.2) is 36.4 Å². The van der Waals surface area contributed by atoms with Crippen molar-refractivity contribution in [2.75, 3.05) is 0 Å². The van der Waals surface area contributed by atoms with E-state index in [1.807, 2.05) is 6.07 Å². The topological polar surface area (TPSA) is 17.8 Å². The van der Waals surface area contributed by atoms with Crippen LogP contribution in [0, 0.1) is 6.92 Å². The highest BCUT2D eigenvalue weighted by molar-refractivity contribution is 5.33. The van der Waals surface area contributed by atoms with Gasteiger partial charge in [-0.1, -0.05) is 31.5 Å². The number of aryl methyl sites for hydroxylation is 2. The third-order valence-electron chi connectivity index (χ3n) is 2.69. The maximum Gasteiger partial charge on any atom is 0.0648 e. The van der Waals surface area contributed by atoms with Gasteiger partial charge in [0.25, 0.3) is 0 Å². The lowest BCUT2D eigenvalue weighted by Gasteiger charge is -2.06. The first-order chi connectivity index (χ1) is 7.81. The van der Waals surface area contributed by atoms with Crippen molar-refractivity contribution in [1.82, 2.24) is 9.78 Å². The highest BCUT2D eigenvalue weighted by Crippen LogP contribution is 2.14. The average Bonchev–Trinajstić information content (AvgIpc) is 2.69. The number of para-hydroxylation sites is 1. The zero-order valence-corrected chi connectivity index (χ0v) is 9.98. The predicted octanol–water partition coefficient (Wildman–Crippen LogP) is 3.52. The van der Waals surface area contributed by atoms with Crippen LogP contribution in [0.5, 0.6) is 0 Å². The Morgan fingerprint density at radius 2 is 1.94 bits per heavy atom. The molecule has 0 fully saturated rings. The van der Waals surface area contributed by atoms with E-state index in [-0.39, 0.29) is 0 Å². The molecule has 0 saturated heterocycles. The highest BCUT2D eigenvalue weighted by Gasteiger charge is 2.06. The first-order valence-electron chi connectivity index (χ1n) is 5.92. The van der Waals surface area contributed by atoms with Crippen molar-refractivity contribution in [1.29, 1.82) is 0 Å². The van der Waals surface area contributed by atoms with E-state index >= 15 is 0 Å². The SMILES string of the molecule is CCCCc1cc(C)nn1-c1ccccc1. The summed E-state index contributed by atoms with van der Waals surface area (Å²) in [6, 6.07) is 12.5. The van der Waals surface area contributed by atoms with E-state index in [1.165, 1.54) is 18.5 Å². The molecule has 1 aromatic carbocycles. The van der Waals surface area contributed by atoms with Gasteiger partial charge in [0, 0.05) is 5.69 Å². The first kappa shape index (κ1) is 10.9. The fourth-order valence-electron chi connectivity index (χ4n) is 1.88. The van der Waals surface area contributed by atoms with Crippen molar-refractivity contribution < 1.29 is 0 Å². The second-order valence-corrected chi connectivity index (χ2v) is 4.13. The number of hydrogen-bond acceptors (Lipinski definition) is 1. The van der Waals surface area contributed by atoms with E-state index < -0.39 is 0 Å². The Bertz CT molecular complexity index is 443. The van der Waals surface area contributed by atoms with Crippen LogP contribution in [-0.4, -0.2) is 9.78 Å². The van der Waals surface area contributed by atoms with Crippen molar-refractivity contribution in [2.45, 2.75) is 33.1 Å². The minimum absolute atomic E-state index is 1.09. The van der Waals surface area contributed by atoms with E-state index in [4.69, 9.17) is 0 Å². The van der Waals surface area contributed by atoms with E-state index in [0.29, 0.717) is 0 Å². The van der Waals surface area contributed by atoms with Gasteiger partial charge in [-0.3, -0.25) is 0 Å². The Hall–Kier alpha value is -1.57. The monoisotopic (exact) mass is 214 g/mol.